The molecular formula is C31H39N5O3S. The zero-order valence-electron chi connectivity index (χ0n) is 23.3. The highest BCUT2D eigenvalue weighted by Gasteiger charge is 2.30. The zero-order valence-corrected chi connectivity index (χ0v) is 24.2. The number of rotatable bonds is 7. The third-order valence-electron chi connectivity index (χ3n) is 8.82. The van der Waals surface area contributed by atoms with Gasteiger partial charge in [0.25, 0.3) is 0 Å². The summed E-state index contributed by atoms with van der Waals surface area (Å²) in [4.78, 5) is 23.5. The molecule has 1 saturated heterocycles. The van der Waals surface area contributed by atoms with Gasteiger partial charge in [0.1, 0.15) is 10.0 Å². The number of ether oxygens (including phenoxy) is 2. The van der Waals surface area contributed by atoms with E-state index in [2.05, 4.69) is 39.4 Å². The van der Waals surface area contributed by atoms with Crippen molar-refractivity contribution in [3.8, 4) is 21.7 Å². The molecule has 40 heavy (non-hydrogen) atoms. The molecule has 3 aliphatic rings. The van der Waals surface area contributed by atoms with Crippen molar-refractivity contribution in [3.05, 3.63) is 41.7 Å². The molecule has 1 aliphatic heterocycles. The van der Waals surface area contributed by atoms with Crippen LogP contribution in [0.3, 0.4) is 0 Å². The van der Waals surface area contributed by atoms with Gasteiger partial charge in [0, 0.05) is 42.5 Å². The van der Waals surface area contributed by atoms with Crippen LogP contribution in [-0.2, 0) is 14.3 Å². The summed E-state index contributed by atoms with van der Waals surface area (Å²) in [6, 6.07) is 8.40. The number of methoxy groups -OCH3 is 1. The van der Waals surface area contributed by atoms with Gasteiger partial charge in [-0.3, -0.25) is 4.79 Å². The average Bonchev–Trinajstić information content (AvgIpc) is 3.52. The fourth-order valence-electron chi connectivity index (χ4n) is 6.36. The second kappa shape index (κ2) is 12.7. The molecule has 9 heteroatoms. The first kappa shape index (κ1) is 27.3. The fraction of sp³-hybridized carbons (Fsp3) is 0.581. The van der Waals surface area contributed by atoms with Gasteiger partial charge in [-0.15, -0.1) is 10.2 Å². The van der Waals surface area contributed by atoms with Crippen molar-refractivity contribution in [2.24, 2.45) is 5.92 Å². The largest absolute Gasteiger partial charge is 0.469 e. The molecule has 0 spiro atoms. The Bertz CT molecular complexity index is 1240. The second-order valence-corrected chi connectivity index (χ2v) is 12.5. The van der Waals surface area contributed by atoms with E-state index in [-0.39, 0.29) is 11.9 Å². The van der Waals surface area contributed by atoms with Crippen LogP contribution in [0.4, 0.5) is 5.95 Å². The Morgan fingerprint density at radius 3 is 2.12 bits per heavy atom. The Labute approximate surface area is 240 Å². The number of nitrogens with zero attached hydrogens (tertiary/aromatic N) is 5. The molecule has 3 aromatic rings. The zero-order chi connectivity index (χ0) is 27.3. The van der Waals surface area contributed by atoms with E-state index >= 15 is 0 Å². The normalized spacial score (nSPS) is 22.8. The van der Waals surface area contributed by atoms with Gasteiger partial charge in [0.2, 0.25) is 5.95 Å². The smallest absolute Gasteiger partial charge is 0.308 e. The number of carbonyl (C=O) groups excluding carboxylic acids is 1. The van der Waals surface area contributed by atoms with E-state index in [1.54, 1.807) is 11.3 Å². The summed E-state index contributed by atoms with van der Waals surface area (Å²) in [6.07, 6.45) is 16.9. The number of hydrogen-bond acceptors (Lipinski definition) is 9. The van der Waals surface area contributed by atoms with Crippen molar-refractivity contribution in [3.63, 3.8) is 0 Å². The van der Waals surface area contributed by atoms with Crippen molar-refractivity contribution in [1.29, 1.82) is 0 Å². The molecule has 0 N–H and O–H groups in total. The van der Waals surface area contributed by atoms with Crippen molar-refractivity contribution in [2.75, 3.05) is 25.1 Å². The number of hydrogen-bond donors (Lipinski definition) is 0. The number of aromatic nitrogens is 4. The van der Waals surface area contributed by atoms with Crippen molar-refractivity contribution < 1.29 is 14.3 Å². The molecule has 212 valence electrons. The van der Waals surface area contributed by atoms with Gasteiger partial charge >= 0.3 is 5.97 Å². The van der Waals surface area contributed by atoms with Crippen LogP contribution in [0.2, 0.25) is 0 Å². The lowest BCUT2D eigenvalue weighted by atomic mass is 9.82. The Kier molecular flexibility index (Phi) is 8.68. The third kappa shape index (κ3) is 6.36. The molecule has 0 unspecified atom stereocenters. The number of benzene rings is 1. The van der Waals surface area contributed by atoms with E-state index in [0.29, 0.717) is 18.1 Å². The maximum atomic E-state index is 11.8. The monoisotopic (exact) mass is 561 g/mol. The summed E-state index contributed by atoms with van der Waals surface area (Å²) in [7, 11) is 1.47. The van der Waals surface area contributed by atoms with E-state index in [1.807, 2.05) is 12.4 Å². The third-order valence-corrected chi connectivity index (χ3v) is 9.95. The highest BCUT2D eigenvalue weighted by Crippen LogP contribution is 2.39. The predicted octanol–water partition coefficient (Wildman–Crippen LogP) is 6.43. The van der Waals surface area contributed by atoms with E-state index in [9.17, 15) is 4.79 Å². The van der Waals surface area contributed by atoms with Gasteiger partial charge in [-0.25, -0.2) is 9.97 Å². The van der Waals surface area contributed by atoms with Crippen LogP contribution in [-0.4, -0.2) is 58.5 Å². The van der Waals surface area contributed by atoms with Gasteiger partial charge in [0.15, 0.2) is 0 Å². The lowest BCUT2D eigenvalue weighted by Crippen LogP contribution is -2.39. The number of piperidine rings is 1. The van der Waals surface area contributed by atoms with Crippen LogP contribution in [0.1, 0.15) is 81.6 Å². The van der Waals surface area contributed by atoms with Crippen LogP contribution in [0.15, 0.2) is 36.7 Å². The van der Waals surface area contributed by atoms with Gasteiger partial charge in [-0.1, -0.05) is 54.9 Å². The molecule has 0 amide bonds. The van der Waals surface area contributed by atoms with Crippen molar-refractivity contribution >= 4 is 23.3 Å². The highest BCUT2D eigenvalue weighted by atomic mass is 32.1. The molecule has 0 radical (unpaired) electrons. The van der Waals surface area contributed by atoms with E-state index in [0.717, 1.165) is 84.3 Å². The van der Waals surface area contributed by atoms with E-state index in [1.165, 1.54) is 39.2 Å². The Morgan fingerprint density at radius 1 is 0.800 bits per heavy atom. The predicted molar refractivity (Wildman–Crippen MR) is 156 cm³/mol. The molecule has 8 nitrogen and oxygen atoms in total. The summed E-state index contributed by atoms with van der Waals surface area (Å²) in [5.74, 6) is 1.11. The molecule has 3 heterocycles. The molecule has 0 bridgehead atoms. The lowest BCUT2D eigenvalue weighted by molar-refractivity contribution is -0.146. The minimum atomic E-state index is -0.0867. The first-order valence-electron chi connectivity index (χ1n) is 14.9. The van der Waals surface area contributed by atoms with Gasteiger partial charge in [0.05, 0.1) is 25.2 Å². The summed E-state index contributed by atoms with van der Waals surface area (Å²) in [6.45, 7) is 1.89. The Balaban J connectivity index is 1.02. The minimum Gasteiger partial charge on any atom is -0.469 e. The quantitative estimate of drug-likeness (QED) is 0.305. The van der Waals surface area contributed by atoms with Gasteiger partial charge in [-0.2, -0.15) is 0 Å². The van der Waals surface area contributed by atoms with Crippen LogP contribution in [0, 0.1) is 5.92 Å². The minimum absolute atomic E-state index is 0.0250. The maximum Gasteiger partial charge on any atom is 0.308 e. The number of esters is 1. The summed E-state index contributed by atoms with van der Waals surface area (Å²) in [5.41, 5.74) is 3.15. The number of carbonyl (C=O) groups is 1. The topological polar surface area (TPSA) is 90.3 Å². The molecule has 3 fully saturated rings. The molecule has 2 aromatic heterocycles. The van der Waals surface area contributed by atoms with Gasteiger partial charge in [-0.05, 0) is 56.9 Å². The van der Waals surface area contributed by atoms with Gasteiger partial charge < -0.3 is 14.4 Å². The molecular weight excluding hydrogens is 522 g/mol. The van der Waals surface area contributed by atoms with Crippen molar-refractivity contribution in [2.45, 2.75) is 88.8 Å². The van der Waals surface area contributed by atoms with Crippen LogP contribution < -0.4 is 4.90 Å². The molecule has 6 rings (SSSR count). The standard InChI is InChI=1S/C31H39N5O3S/c1-38-30(37)24-13-11-23(12-14-24)29-35-34-28(40-29)22-9-7-21(8-10-22)25-19-32-31(33-20-25)36-17-15-27(16-18-36)39-26-5-3-2-4-6-26/h7-10,19-20,23-24,26-27H,2-6,11-18H2,1H3. The Hall–Kier alpha value is -2.91. The van der Waals surface area contributed by atoms with Crippen LogP contribution in [0.25, 0.3) is 21.7 Å². The fourth-order valence-corrected chi connectivity index (χ4v) is 7.38. The first-order valence-corrected chi connectivity index (χ1v) is 15.7. The number of anilines is 1. The first-order chi connectivity index (χ1) is 19.7. The average molecular weight is 562 g/mol. The maximum absolute atomic E-state index is 11.8. The Morgan fingerprint density at radius 2 is 1.45 bits per heavy atom. The summed E-state index contributed by atoms with van der Waals surface area (Å²) in [5, 5.41) is 11.0. The summed E-state index contributed by atoms with van der Waals surface area (Å²) >= 11 is 1.66. The lowest BCUT2D eigenvalue weighted by Gasteiger charge is -2.34. The van der Waals surface area contributed by atoms with E-state index < -0.39 is 0 Å². The van der Waals surface area contributed by atoms with Crippen LogP contribution in [0.5, 0.6) is 0 Å². The van der Waals surface area contributed by atoms with Crippen LogP contribution >= 0.6 is 11.3 Å². The molecule has 2 aliphatic carbocycles. The SMILES string of the molecule is COC(=O)C1CCC(c2nnc(-c3ccc(-c4cnc(N5CCC(OC6CCCCC6)CC5)nc4)cc3)s2)CC1. The second-order valence-electron chi connectivity index (χ2n) is 11.4. The van der Waals surface area contributed by atoms with Crippen molar-refractivity contribution in [1.82, 2.24) is 20.2 Å². The molecule has 2 saturated carbocycles. The summed E-state index contributed by atoms with van der Waals surface area (Å²) < 4.78 is 11.3. The molecule has 1 aromatic carbocycles. The van der Waals surface area contributed by atoms with E-state index in [4.69, 9.17) is 19.4 Å². The molecule has 0 atom stereocenters. The highest BCUT2D eigenvalue weighted by molar-refractivity contribution is 7.14.